The van der Waals surface area contributed by atoms with Gasteiger partial charge in [-0.05, 0) is 41.3 Å². The number of aliphatic hydroxyl groups is 1. The zero-order valence-corrected chi connectivity index (χ0v) is 17.1. The van der Waals surface area contributed by atoms with Crippen molar-refractivity contribution in [3.63, 3.8) is 0 Å². The van der Waals surface area contributed by atoms with Crippen molar-refractivity contribution in [3.8, 4) is 0 Å². The highest BCUT2D eigenvalue weighted by atomic mass is 35.5. The first kappa shape index (κ1) is 20.6. The van der Waals surface area contributed by atoms with E-state index in [4.69, 9.17) is 11.6 Å². The molecule has 3 atom stereocenters. The van der Waals surface area contributed by atoms with E-state index >= 15 is 0 Å². The fraction of sp³-hybridized carbons (Fsp3) is 0.217. The molecule has 0 spiro atoms. The topological polar surface area (TPSA) is 54.4 Å². The van der Waals surface area contributed by atoms with E-state index in [9.17, 15) is 13.5 Å². The first-order valence-electron chi connectivity index (χ1n) is 9.15. The van der Waals surface area contributed by atoms with Crippen LogP contribution in [0.2, 0.25) is 5.02 Å². The van der Waals surface area contributed by atoms with E-state index in [2.05, 4.69) is 0 Å². The molecular weight excluding hydrogens is 392 g/mol. The van der Waals surface area contributed by atoms with Crippen LogP contribution in [-0.4, -0.2) is 20.1 Å². The number of benzene rings is 3. The summed E-state index contributed by atoms with van der Waals surface area (Å²) in [6, 6.07) is 24.9. The summed E-state index contributed by atoms with van der Waals surface area (Å²) >= 11 is 6.21. The number of halogens is 1. The van der Waals surface area contributed by atoms with Crippen LogP contribution in [0.15, 0.2) is 89.8 Å². The molecular formula is C23H23ClO3S. The van der Waals surface area contributed by atoms with Crippen LogP contribution in [-0.2, 0) is 9.84 Å². The minimum atomic E-state index is -3.72. The average molecular weight is 415 g/mol. The lowest BCUT2D eigenvalue weighted by Gasteiger charge is -2.32. The number of hydrogen-bond acceptors (Lipinski definition) is 3. The number of aliphatic hydroxyl groups excluding tert-OH is 1. The number of sulfone groups is 1. The molecule has 3 nitrogen and oxygen atoms in total. The molecule has 0 aliphatic carbocycles. The van der Waals surface area contributed by atoms with Crippen LogP contribution in [0, 0.1) is 5.92 Å². The SMILES string of the molecule is C[C@H](CO)[C@H](c1cccc(Cl)c1)C(c1ccccc1)S(=O)(=O)c1ccccc1. The second kappa shape index (κ2) is 8.91. The highest BCUT2D eigenvalue weighted by Crippen LogP contribution is 2.45. The molecule has 0 fully saturated rings. The zero-order chi connectivity index (χ0) is 20.1. The summed E-state index contributed by atoms with van der Waals surface area (Å²) in [5, 5.41) is 9.63. The Bertz CT molecular complexity index is 1000. The smallest absolute Gasteiger partial charge is 0.185 e. The van der Waals surface area contributed by atoms with Crippen LogP contribution >= 0.6 is 11.6 Å². The van der Waals surface area contributed by atoms with E-state index in [0.717, 1.165) is 5.56 Å². The molecule has 0 aliphatic rings. The van der Waals surface area contributed by atoms with Crippen molar-refractivity contribution >= 4 is 21.4 Å². The molecule has 146 valence electrons. The third-order valence-corrected chi connectivity index (χ3v) is 7.39. The first-order valence-corrected chi connectivity index (χ1v) is 11.1. The molecule has 0 bridgehead atoms. The Morgan fingerprint density at radius 3 is 2.00 bits per heavy atom. The maximum absolute atomic E-state index is 13.7. The lowest BCUT2D eigenvalue weighted by atomic mass is 9.82. The minimum Gasteiger partial charge on any atom is -0.396 e. The van der Waals surface area contributed by atoms with Crippen molar-refractivity contribution in [2.45, 2.75) is 23.0 Å². The summed E-state index contributed by atoms with van der Waals surface area (Å²) in [5.74, 6) is -0.751. The normalized spacial score (nSPS) is 15.0. The summed E-state index contributed by atoms with van der Waals surface area (Å²) in [6.45, 7) is 1.73. The number of hydrogen-bond donors (Lipinski definition) is 1. The lowest BCUT2D eigenvalue weighted by molar-refractivity contribution is 0.213. The minimum absolute atomic E-state index is 0.134. The van der Waals surface area contributed by atoms with E-state index in [1.807, 2.05) is 49.4 Å². The number of rotatable bonds is 7. The van der Waals surface area contributed by atoms with E-state index in [1.165, 1.54) is 0 Å². The molecule has 0 heterocycles. The van der Waals surface area contributed by atoms with Gasteiger partial charge in [-0.15, -0.1) is 0 Å². The molecule has 1 N–H and O–H groups in total. The summed E-state index contributed by atoms with van der Waals surface area (Å²) in [6.07, 6.45) is 0. The van der Waals surface area contributed by atoms with Crippen LogP contribution in [0.5, 0.6) is 0 Å². The molecule has 3 aromatic carbocycles. The standard InChI is InChI=1S/C23H23ClO3S/c1-17(16-25)22(19-11-8-12-20(24)15-19)23(18-9-4-2-5-10-18)28(26,27)21-13-6-3-7-14-21/h2-15,17,22-23,25H,16H2,1H3/t17-,22-,23?/m1/s1. The van der Waals surface area contributed by atoms with Crippen molar-refractivity contribution in [1.29, 1.82) is 0 Å². The summed E-state index contributed by atoms with van der Waals surface area (Å²) in [5.41, 5.74) is 1.49. The van der Waals surface area contributed by atoms with E-state index in [0.29, 0.717) is 10.6 Å². The van der Waals surface area contributed by atoms with Gasteiger partial charge in [-0.3, -0.25) is 0 Å². The van der Waals surface area contributed by atoms with E-state index in [1.54, 1.807) is 42.5 Å². The molecule has 0 radical (unpaired) electrons. The predicted molar refractivity (Wildman–Crippen MR) is 113 cm³/mol. The Balaban J connectivity index is 2.25. The monoisotopic (exact) mass is 414 g/mol. The van der Waals surface area contributed by atoms with Gasteiger partial charge in [0.25, 0.3) is 0 Å². The van der Waals surface area contributed by atoms with Crippen molar-refractivity contribution in [2.75, 3.05) is 6.61 Å². The second-order valence-corrected chi connectivity index (χ2v) is 9.44. The third kappa shape index (κ3) is 4.30. The van der Waals surface area contributed by atoms with E-state index in [-0.39, 0.29) is 17.4 Å². The molecule has 5 heteroatoms. The van der Waals surface area contributed by atoms with Gasteiger partial charge in [-0.1, -0.05) is 79.2 Å². The van der Waals surface area contributed by atoms with Crippen LogP contribution < -0.4 is 0 Å². The van der Waals surface area contributed by atoms with Crippen molar-refractivity contribution in [1.82, 2.24) is 0 Å². The average Bonchev–Trinajstić information content (AvgIpc) is 2.72. The third-order valence-electron chi connectivity index (χ3n) is 4.99. The quantitative estimate of drug-likeness (QED) is 0.573. The Hall–Kier alpha value is -2.14. The maximum atomic E-state index is 13.7. The van der Waals surface area contributed by atoms with Crippen LogP contribution in [0.1, 0.15) is 29.2 Å². The van der Waals surface area contributed by atoms with E-state index < -0.39 is 21.0 Å². The van der Waals surface area contributed by atoms with Crippen LogP contribution in [0.3, 0.4) is 0 Å². The highest BCUT2D eigenvalue weighted by Gasteiger charge is 2.39. The zero-order valence-electron chi connectivity index (χ0n) is 15.6. The Morgan fingerprint density at radius 1 is 0.857 bits per heavy atom. The van der Waals surface area contributed by atoms with Gasteiger partial charge >= 0.3 is 0 Å². The summed E-state index contributed by atoms with van der Waals surface area (Å²) < 4.78 is 27.5. The molecule has 28 heavy (non-hydrogen) atoms. The molecule has 0 amide bonds. The second-order valence-electron chi connectivity index (χ2n) is 6.93. The molecule has 3 aromatic rings. The van der Waals surface area contributed by atoms with Gasteiger partial charge in [0.05, 0.1) is 10.1 Å². The van der Waals surface area contributed by atoms with Crippen LogP contribution in [0.4, 0.5) is 0 Å². The Kier molecular flexibility index (Phi) is 6.55. The van der Waals surface area contributed by atoms with Gasteiger partial charge < -0.3 is 5.11 Å². The van der Waals surface area contributed by atoms with Gasteiger partial charge in [0, 0.05) is 17.5 Å². The molecule has 0 aromatic heterocycles. The summed E-state index contributed by atoms with van der Waals surface area (Å²) in [7, 11) is -3.72. The van der Waals surface area contributed by atoms with Gasteiger partial charge in [0.2, 0.25) is 0 Å². The fourth-order valence-corrected chi connectivity index (χ4v) is 5.96. The first-order chi connectivity index (χ1) is 13.4. The maximum Gasteiger partial charge on any atom is 0.185 e. The van der Waals surface area contributed by atoms with Crippen LogP contribution in [0.25, 0.3) is 0 Å². The van der Waals surface area contributed by atoms with Gasteiger partial charge in [0.1, 0.15) is 0 Å². The van der Waals surface area contributed by atoms with Crippen molar-refractivity contribution < 1.29 is 13.5 Å². The van der Waals surface area contributed by atoms with Crippen molar-refractivity contribution in [3.05, 3.63) is 101 Å². The Labute approximate surface area is 171 Å². The molecule has 3 rings (SSSR count). The summed E-state index contributed by atoms with van der Waals surface area (Å²) in [4.78, 5) is 0.265. The van der Waals surface area contributed by atoms with Crippen molar-refractivity contribution in [2.24, 2.45) is 5.92 Å². The molecule has 0 saturated carbocycles. The Morgan fingerprint density at radius 2 is 1.43 bits per heavy atom. The highest BCUT2D eigenvalue weighted by molar-refractivity contribution is 7.91. The molecule has 0 aliphatic heterocycles. The van der Waals surface area contributed by atoms with Gasteiger partial charge in [-0.25, -0.2) is 8.42 Å². The molecule has 0 saturated heterocycles. The predicted octanol–water partition coefficient (Wildman–Crippen LogP) is 5.27. The van der Waals surface area contributed by atoms with Gasteiger partial charge in [-0.2, -0.15) is 0 Å². The molecule has 1 unspecified atom stereocenters. The fourth-order valence-electron chi connectivity index (χ4n) is 3.61. The largest absolute Gasteiger partial charge is 0.396 e. The van der Waals surface area contributed by atoms with Gasteiger partial charge in [0.15, 0.2) is 9.84 Å². The lowest BCUT2D eigenvalue weighted by Crippen LogP contribution is -2.27.